The van der Waals surface area contributed by atoms with Crippen molar-refractivity contribution in [2.75, 3.05) is 13.2 Å². The molecule has 0 aromatic rings. The molecule has 0 radical (unpaired) electrons. The van der Waals surface area contributed by atoms with Gasteiger partial charge in [-0.3, -0.25) is 14.4 Å². The van der Waals surface area contributed by atoms with Gasteiger partial charge in [0, 0.05) is 19.3 Å². The Hall–Kier alpha value is -2.89. The molecule has 0 heterocycles. The summed E-state index contributed by atoms with van der Waals surface area (Å²) in [4.78, 5) is 38.2. The number of allylic oxidation sites excluding steroid dienone is 10. The third-order valence-corrected chi connectivity index (χ3v) is 14.0. The number of carbonyl (C=O) groups is 3. The van der Waals surface area contributed by atoms with Crippen molar-refractivity contribution in [2.24, 2.45) is 0 Å². The Labute approximate surface area is 453 Å². The topological polar surface area (TPSA) is 78.9 Å². The molecule has 0 saturated heterocycles. The zero-order valence-electron chi connectivity index (χ0n) is 48.7. The van der Waals surface area contributed by atoms with Gasteiger partial charge in [0.25, 0.3) is 0 Å². The summed E-state index contributed by atoms with van der Waals surface area (Å²) >= 11 is 0. The van der Waals surface area contributed by atoms with Crippen molar-refractivity contribution >= 4 is 17.9 Å². The number of ether oxygens (including phenoxy) is 3. The van der Waals surface area contributed by atoms with Gasteiger partial charge in [-0.05, 0) is 89.9 Å². The highest BCUT2D eigenvalue weighted by atomic mass is 16.6. The van der Waals surface area contributed by atoms with Gasteiger partial charge in [0.15, 0.2) is 6.10 Å². The third kappa shape index (κ3) is 59.9. The maximum Gasteiger partial charge on any atom is 0.306 e. The molecule has 6 heteroatoms. The largest absolute Gasteiger partial charge is 0.462 e. The number of unbranched alkanes of at least 4 members (excludes halogenated alkanes) is 37. The van der Waals surface area contributed by atoms with Crippen molar-refractivity contribution in [1.29, 1.82) is 0 Å². The van der Waals surface area contributed by atoms with Crippen molar-refractivity contribution in [2.45, 2.75) is 335 Å². The lowest BCUT2D eigenvalue weighted by Gasteiger charge is -2.18. The van der Waals surface area contributed by atoms with Crippen LogP contribution in [-0.2, 0) is 28.6 Å². The fourth-order valence-corrected chi connectivity index (χ4v) is 9.19. The molecule has 1 atom stereocenters. The van der Waals surface area contributed by atoms with E-state index in [-0.39, 0.29) is 31.1 Å². The molecule has 0 rings (SSSR count). The molecule has 0 aliphatic heterocycles. The minimum Gasteiger partial charge on any atom is -0.462 e. The van der Waals surface area contributed by atoms with Gasteiger partial charge in [-0.15, -0.1) is 0 Å². The molecule has 0 fully saturated rings. The number of hydrogen-bond donors (Lipinski definition) is 0. The summed E-state index contributed by atoms with van der Waals surface area (Å²) in [7, 11) is 0. The molecule has 73 heavy (non-hydrogen) atoms. The normalized spacial score (nSPS) is 12.4. The van der Waals surface area contributed by atoms with Gasteiger partial charge in [-0.2, -0.15) is 0 Å². The average molecular weight is 1020 g/mol. The fraction of sp³-hybridized carbons (Fsp3) is 0.806. The molecule has 424 valence electrons. The highest BCUT2D eigenvalue weighted by Gasteiger charge is 2.19. The highest BCUT2D eigenvalue weighted by molar-refractivity contribution is 5.71. The van der Waals surface area contributed by atoms with Crippen LogP contribution in [0.2, 0.25) is 0 Å². The van der Waals surface area contributed by atoms with Crippen LogP contribution in [0.25, 0.3) is 0 Å². The summed E-state index contributed by atoms with van der Waals surface area (Å²) in [6, 6.07) is 0. The smallest absolute Gasteiger partial charge is 0.306 e. The minimum absolute atomic E-state index is 0.0740. The van der Waals surface area contributed by atoms with Gasteiger partial charge in [-0.25, -0.2) is 0 Å². The minimum atomic E-state index is -0.777. The van der Waals surface area contributed by atoms with Crippen molar-refractivity contribution in [3.8, 4) is 0 Å². The molecule has 0 aliphatic rings. The van der Waals surface area contributed by atoms with Gasteiger partial charge >= 0.3 is 17.9 Å². The number of carbonyl (C=O) groups excluding carboxylic acids is 3. The Morgan fingerprint density at radius 2 is 0.493 bits per heavy atom. The zero-order chi connectivity index (χ0) is 52.9. The van der Waals surface area contributed by atoms with E-state index in [0.717, 1.165) is 77.0 Å². The lowest BCUT2D eigenvalue weighted by molar-refractivity contribution is -0.167. The summed E-state index contributed by atoms with van der Waals surface area (Å²) in [5.74, 6) is -0.867. The summed E-state index contributed by atoms with van der Waals surface area (Å²) < 4.78 is 16.9. The first-order valence-corrected chi connectivity index (χ1v) is 31.8. The van der Waals surface area contributed by atoms with E-state index in [4.69, 9.17) is 14.2 Å². The van der Waals surface area contributed by atoms with Crippen molar-refractivity contribution in [3.05, 3.63) is 60.8 Å². The van der Waals surface area contributed by atoms with Crippen LogP contribution < -0.4 is 0 Å². The second kappa shape index (κ2) is 61.7. The Kier molecular flexibility index (Phi) is 59.2. The van der Waals surface area contributed by atoms with Gasteiger partial charge in [-0.1, -0.05) is 281 Å². The molecular formula is C67H120O6. The summed E-state index contributed by atoms with van der Waals surface area (Å²) in [5.41, 5.74) is 0. The molecule has 0 saturated carbocycles. The van der Waals surface area contributed by atoms with Crippen LogP contribution in [0.5, 0.6) is 0 Å². The first-order valence-electron chi connectivity index (χ1n) is 31.8. The molecule has 6 nitrogen and oxygen atoms in total. The van der Waals surface area contributed by atoms with E-state index in [1.54, 1.807) is 0 Å². The van der Waals surface area contributed by atoms with Gasteiger partial charge in [0.1, 0.15) is 13.2 Å². The Bertz CT molecular complexity index is 1310. The molecular weight excluding hydrogens is 901 g/mol. The van der Waals surface area contributed by atoms with Crippen LogP contribution in [-0.4, -0.2) is 37.2 Å². The van der Waals surface area contributed by atoms with E-state index < -0.39 is 6.10 Å². The van der Waals surface area contributed by atoms with Crippen molar-refractivity contribution in [3.63, 3.8) is 0 Å². The van der Waals surface area contributed by atoms with Gasteiger partial charge in [0.2, 0.25) is 0 Å². The van der Waals surface area contributed by atoms with E-state index in [9.17, 15) is 14.4 Å². The van der Waals surface area contributed by atoms with Gasteiger partial charge < -0.3 is 14.2 Å². The number of rotatable bonds is 58. The van der Waals surface area contributed by atoms with Crippen LogP contribution >= 0.6 is 0 Å². The SMILES string of the molecule is CCCCC/C=C\C/C=C\CCCCCCCCCCCC(=O)OC(COC(=O)CCCCCCCCCCCCC)COC(=O)CCCCCCCCCCCC/C=C\C/C=C\C/C=C\CCCCCCC. The van der Waals surface area contributed by atoms with E-state index in [0.29, 0.717) is 19.3 Å². The van der Waals surface area contributed by atoms with E-state index >= 15 is 0 Å². The fourth-order valence-electron chi connectivity index (χ4n) is 9.19. The lowest BCUT2D eigenvalue weighted by Crippen LogP contribution is -2.30. The molecule has 0 aromatic carbocycles. The molecule has 0 N–H and O–H groups in total. The molecule has 0 bridgehead atoms. The van der Waals surface area contributed by atoms with Crippen LogP contribution in [0.15, 0.2) is 60.8 Å². The predicted octanol–water partition coefficient (Wildman–Crippen LogP) is 21.6. The highest BCUT2D eigenvalue weighted by Crippen LogP contribution is 2.16. The molecule has 1 unspecified atom stereocenters. The van der Waals surface area contributed by atoms with E-state index in [2.05, 4.69) is 81.5 Å². The first kappa shape index (κ1) is 70.1. The van der Waals surface area contributed by atoms with Gasteiger partial charge in [0.05, 0.1) is 0 Å². The predicted molar refractivity (Wildman–Crippen MR) is 316 cm³/mol. The molecule has 0 spiro atoms. The standard InChI is InChI=1S/C67H120O6/c1-4-7-10-13-16-19-22-24-26-28-30-31-32-33-34-35-37-38-40-42-45-48-51-54-57-60-66(69)72-63-64(62-71-65(68)59-56-53-50-47-44-21-18-15-12-9-6-3)73-67(70)61-58-55-52-49-46-43-41-39-36-29-27-25-23-20-17-14-11-8-5-2/h17,20,22,24-25,27-28,30,32-33,64H,4-16,18-19,21,23,26,29,31,34-63H2,1-3H3/b20-17-,24-22-,27-25-,30-28-,33-32-. The van der Waals surface area contributed by atoms with E-state index in [1.807, 2.05) is 0 Å². The molecule has 0 amide bonds. The Morgan fingerprint density at radius 1 is 0.274 bits per heavy atom. The summed E-state index contributed by atoms with van der Waals surface area (Å²) in [6.45, 7) is 6.63. The number of hydrogen-bond acceptors (Lipinski definition) is 6. The number of esters is 3. The third-order valence-electron chi connectivity index (χ3n) is 14.0. The van der Waals surface area contributed by atoms with Crippen LogP contribution in [0, 0.1) is 0 Å². The Balaban J connectivity index is 4.27. The van der Waals surface area contributed by atoms with Crippen LogP contribution in [0.1, 0.15) is 329 Å². The zero-order valence-corrected chi connectivity index (χ0v) is 48.7. The summed E-state index contributed by atoms with van der Waals surface area (Å²) in [6.07, 6.45) is 77.9. The monoisotopic (exact) mass is 1020 g/mol. The second-order valence-electron chi connectivity index (χ2n) is 21.3. The average Bonchev–Trinajstić information content (AvgIpc) is 3.39. The quantitative estimate of drug-likeness (QED) is 0.0261. The second-order valence-corrected chi connectivity index (χ2v) is 21.3. The van der Waals surface area contributed by atoms with E-state index in [1.165, 1.54) is 212 Å². The summed E-state index contributed by atoms with van der Waals surface area (Å²) in [5, 5.41) is 0. The maximum absolute atomic E-state index is 12.9. The maximum atomic E-state index is 12.9. The lowest BCUT2D eigenvalue weighted by atomic mass is 10.0. The first-order chi connectivity index (χ1) is 36.0. The van der Waals surface area contributed by atoms with Crippen molar-refractivity contribution < 1.29 is 28.6 Å². The van der Waals surface area contributed by atoms with Crippen LogP contribution in [0.3, 0.4) is 0 Å². The van der Waals surface area contributed by atoms with Crippen LogP contribution in [0.4, 0.5) is 0 Å². The molecule has 0 aromatic heterocycles. The Morgan fingerprint density at radius 3 is 0.795 bits per heavy atom. The molecule has 0 aliphatic carbocycles. The van der Waals surface area contributed by atoms with Crippen molar-refractivity contribution in [1.82, 2.24) is 0 Å².